The molecule has 4 nitrogen and oxygen atoms in total. The lowest BCUT2D eigenvalue weighted by Gasteiger charge is -2.29. The van der Waals surface area contributed by atoms with E-state index >= 15 is 0 Å². The third kappa shape index (κ3) is 5.14. The summed E-state index contributed by atoms with van der Waals surface area (Å²) in [4.78, 5) is 5.49. The van der Waals surface area contributed by atoms with E-state index in [1.807, 2.05) is 24.3 Å². The van der Waals surface area contributed by atoms with Crippen molar-refractivity contribution in [2.45, 2.75) is 38.5 Å². The molecule has 4 heteroatoms. The van der Waals surface area contributed by atoms with Crippen LogP contribution in [0.1, 0.15) is 59.3 Å². The van der Waals surface area contributed by atoms with Crippen molar-refractivity contribution < 1.29 is 14.2 Å². The maximum atomic E-state index is 5.49. The minimum atomic E-state index is 0.869. The molecule has 0 aliphatic heterocycles. The summed E-state index contributed by atoms with van der Waals surface area (Å²) < 4.78 is 16.2. The maximum Gasteiger partial charge on any atom is 0.118 e. The highest BCUT2D eigenvalue weighted by Crippen LogP contribution is 2.44. The number of hydrogen-bond acceptors (Lipinski definition) is 4. The van der Waals surface area contributed by atoms with Crippen molar-refractivity contribution in [2.24, 2.45) is 0 Å². The van der Waals surface area contributed by atoms with Crippen LogP contribution in [0.15, 0.2) is 72.8 Å². The molecule has 0 unspecified atom stereocenters. The molecule has 0 bridgehead atoms. The van der Waals surface area contributed by atoms with Gasteiger partial charge in [-0.05, 0) is 132 Å². The predicted octanol–water partition coefficient (Wildman–Crippen LogP) is 8.53. The number of ether oxygens (including phenoxy) is 3. The van der Waals surface area contributed by atoms with Gasteiger partial charge in [0.05, 0.1) is 32.7 Å². The Morgan fingerprint density at radius 3 is 1.32 bits per heavy atom. The summed E-state index contributed by atoms with van der Waals surface area (Å²) in [6.07, 6.45) is 11.0. The van der Waals surface area contributed by atoms with Crippen molar-refractivity contribution in [3.05, 3.63) is 106 Å². The standard InChI is InChI=1S/C36H35NO3/c1-38-29-16-10-24(11-17-29)22-27-6-4-8-32-34(26-14-20-31(40-3)21-15-26)33-9-5-7-28(36(33)37-35(27)32)23-25-12-18-30(39-2)19-13-25/h10-23H,4-9H2,1-3H3/b27-22-,28-23-. The SMILES string of the molecule is COc1ccc(/C=C2/CCCc3c2nc2c(c3-c3ccc(OC)cc3)CCC/C2=C/c2ccc(OC)cc2)cc1. The third-order valence-corrected chi connectivity index (χ3v) is 8.05. The van der Waals surface area contributed by atoms with Gasteiger partial charge in [0.15, 0.2) is 0 Å². The van der Waals surface area contributed by atoms with Crippen LogP contribution in [0.25, 0.3) is 34.4 Å². The minimum Gasteiger partial charge on any atom is -0.497 e. The average molecular weight is 530 g/mol. The highest BCUT2D eigenvalue weighted by Gasteiger charge is 2.28. The molecule has 1 aromatic heterocycles. The number of hydrogen-bond donors (Lipinski definition) is 0. The number of fused-ring (bicyclic) bond motifs is 2. The summed E-state index contributed by atoms with van der Waals surface area (Å²) in [5.74, 6) is 2.61. The van der Waals surface area contributed by atoms with E-state index in [-0.39, 0.29) is 0 Å². The number of allylic oxidation sites excluding steroid dienone is 2. The summed E-state index contributed by atoms with van der Waals surface area (Å²) in [6, 6.07) is 25.1. The zero-order valence-corrected chi connectivity index (χ0v) is 23.5. The molecular formula is C36H35NO3. The van der Waals surface area contributed by atoms with Crippen LogP contribution in [0.3, 0.4) is 0 Å². The topological polar surface area (TPSA) is 40.6 Å². The van der Waals surface area contributed by atoms with Gasteiger partial charge in [0.25, 0.3) is 0 Å². The molecular weight excluding hydrogens is 494 g/mol. The minimum absolute atomic E-state index is 0.869. The normalized spacial score (nSPS) is 16.4. The maximum absolute atomic E-state index is 5.49. The van der Waals surface area contributed by atoms with Crippen LogP contribution in [0.4, 0.5) is 0 Å². The van der Waals surface area contributed by atoms with E-state index in [1.54, 1.807) is 21.3 Å². The largest absolute Gasteiger partial charge is 0.497 e. The van der Waals surface area contributed by atoms with E-state index in [2.05, 4.69) is 60.7 Å². The Balaban J connectivity index is 1.54. The van der Waals surface area contributed by atoms with E-state index in [9.17, 15) is 0 Å². The van der Waals surface area contributed by atoms with Crippen LogP contribution in [0.5, 0.6) is 17.2 Å². The van der Waals surface area contributed by atoms with Crippen LogP contribution in [-0.4, -0.2) is 26.3 Å². The summed E-state index contributed by atoms with van der Waals surface area (Å²) in [6.45, 7) is 0. The second-order valence-electron chi connectivity index (χ2n) is 10.5. The molecule has 0 fully saturated rings. The summed E-state index contributed by atoms with van der Waals surface area (Å²) in [7, 11) is 5.13. The first kappa shape index (κ1) is 25.9. The van der Waals surface area contributed by atoms with E-state index in [0.29, 0.717) is 0 Å². The molecule has 4 aromatic rings. The van der Waals surface area contributed by atoms with E-state index in [1.165, 1.54) is 44.5 Å². The monoisotopic (exact) mass is 529 g/mol. The van der Waals surface area contributed by atoms with Gasteiger partial charge in [-0.15, -0.1) is 0 Å². The number of benzene rings is 3. The molecule has 2 aliphatic rings. The molecule has 40 heavy (non-hydrogen) atoms. The highest BCUT2D eigenvalue weighted by atomic mass is 16.5. The first-order chi connectivity index (χ1) is 19.7. The molecule has 0 radical (unpaired) electrons. The Kier molecular flexibility index (Phi) is 7.41. The Morgan fingerprint density at radius 2 is 0.925 bits per heavy atom. The fourth-order valence-electron chi connectivity index (χ4n) is 6.02. The Morgan fingerprint density at radius 1 is 0.525 bits per heavy atom. The third-order valence-electron chi connectivity index (χ3n) is 8.05. The Labute approximate surface area is 237 Å². The van der Waals surface area contributed by atoms with Crippen molar-refractivity contribution >= 4 is 23.3 Å². The van der Waals surface area contributed by atoms with Gasteiger partial charge >= 0.3 is 0 Å². The molecule has 2 aliphatic carbocycles. The Bertz CT molecular complexity index is 1470. The van der Waals surface area contributed by atoms with E-state index in [0.717, 1.165) is 67.2 Å². The van der Waals surface area contributed by atoms with Crippen LogP contribution in [-0.2, 0) is 12.8 Å². The van der Waals surface area contributed by atoms with Gasteiger partial charge in [-0.2, -0.15) is 0 Å². The zero-order chi connectivity index (χ0) is 27.5. The molecule has 0 amide bonds. The van der Waals surface area contributed by atoms with E-state index < -0.39 is 0 Å². The van der Waals surface area contributed by atoms with Crippen LogP contribution in [0.2, 0.25) is 0 Å². The van der Waals surface area contributed by atoms with Gasteiger partial charge in [-0.25, -0.2) is 4.98 Å². The predicted molar refractivity (Wildman–Crippen MR) is 164 cm³/mol. The van der Waals surface area contributed by atoms with Crippen molar-refractivity contribution in [3.8, 4) is 28.4 Å². The molecule has 0 atom stereocenters. The summed E-state index contributed by atoms with van der Waals surface area (Å²) in [5, 5.41) is 0. The number of rotatable bonds is 6. The quantitative estimate of drug-likeness (QED) is 0.251. The fourth-order valence-corrected chi connectivity index (χ4v) is 6.02. The molecule has 1 heterocycles. The molecule has 0 spiro atoms. The van der Waals surface area contributed by atoms with Gasteiger partial charge in [-0.3, -0.25) is 0 Å². The Hall–Kier alpha value is -4.31. The number of nitrogens with zero attached hydrogens (tertiary/aromatic N) is 1. The van der Waals surface area contributed by atoms with Gasteiger partial charge in [0, 0.05) is 0 Å². The first-order valence-corrected chi connectivity index (χ1v) is 14.1. The van der Waals surface area contributed by atoms with Gasteiger partial charge in [0.1, 0.15) is 17.2 Å². The van der Waals surface area contributed by atoms with Gasteiger partial charge < -0.3 is 14.2 Å². The number of methoxy groups -OCH3 is 3. The second kappa shape index (κ2) is 11.4. The van der Waals surface area contributed by atoms with Crippen molar-refractivity contribution in [1.82, 2.24) is 4.98 Å². The lowest BCUT2D eigenvalue weighted by atomic mass is 9.78. The van der Waals surface area contributed by atoms with Crippen LogP contribution < -0.4 is 14.2 Å². The molecule has 0 N–H and O–H groups in total. The van der Waals surface area contributed by atoms with E-state index in [4.69, 9.17) is 19.2 Å². The van der Waals surface area contributed by atoms with Crippen molar-refractivity contribution in [3.63, 3.8) is 0 Å². The zero-order valence-electron chi connectivity index (χ0n) is 23.5. The van der Waals surface area contributed by atoms with Crippen LogP contribution in [0, 0.1) is 0 Å². The number of aromatic nitrogens is 1. The summed E-state index contributed by atoms with van der Waals surface area (Å²) in [5.41, 5.74) is 12.6. The fraction of sp³-hybridized carbons (Fsp3) is 0.250. The number of pyridine rings is 1. The molecule has 0 saturated carbocycles. The smallest absolute Gasteiger partial charge is 0.118 e. The molecule has 6 rings (SSSR count). The second-order valence-corrected chi connectivity index (χ2v) is 10.5. The average Bonchev–Trinajstić information content (AvgIpc) is 3.01. The molecule has 0 saturated heterocycles. The first-order valence-electron chi connectivity index (χ1n) is 14.1. The lowest BCUT2D eigenvalue weighted by molar-refractivity contribution is 0.414. The lowest BCUT2D eigenvalue weighted by Crippen LogP contribution is -2.15. The van der Waals surface area contributed by atoms with Crippen molar-refractivity contribution in [2.75, 3.05) is 21.3 Å². The van der Waals surface area contributed by atoms with Crippen LogP contribution >= 0.6 is 0 Å². The molecule has 3 aromatic carbocycles. The van der Waals surface area contributed by atoms with Crippen molar-refractivity contribution in [1.29, 1.82) is 0 Å². The highest BCUT2D eigenvalue weighted by molar-refractivity contribution is 5.91. The van der Waals surface area contributed by atoms with Gasteiger partial charge in [0.2, 0.25) is 0 Å². The molecule has 202 valence electrons. The summed E-state index contributed by atoms with van der Waals surface area (Å²) >= 11 is 0. The van der Waals surface area contributed by atoms with Gasteiger partial charge in [-0.1, -0.05) is 36.4 Å².